The van der Waals surface area contributed by atoms with E-state index in [1.165, 1.54) is 30.7 Å². The van der Waals surface area contributed by atoms with Crippen LogP contribution in [0.1, 0.15) is 44.1 Å². The summed E-state index contributed by atoms with van der Waals surface area (Å²) in [7, 11) is 0. The van der Waals surface area contributed by atoms with Crippen LogP contribution in [0.3, 0.4) is 0 Å². The third-order valence-corrected chi connectivity index (χ3v) is 3.26. The molecule has 1 aromatic rings. The SMILES string of the molecule is CC(N)C(C)n1cnc2c1CCCC2. The lowest BCUT2D eigenvalue weighted by Crippen LogP contribution is -2.28. The highest BCUT2D eigenvalue weighted by Gasteiger charge is 2.19. The Kier molecular flexibility index (Phi) is 2.59. The van der Waals surface area contributed by atoms with Gasteiger partial charge in [-0.15, -0.1) is 0 Å². The first-order chi connectivity index (χ1) is 6.70. The van der Waals surface area contributed by atoms with E-state index >= 15 is 0 Å². The maximum atomic E-state index is 5.91. The van der Waals surface area contributed by atoms with Crippen LogP contribution in [0.25, 0.3) is 0 Å². The summed E-state index contributed by atoms with van der Waals surface area (Å²) in [5, 5.41) is 0. The van der Waals surface area contributed by atoms with Gasteiger partial charge in [-0.25, -0.2) is 4.98 Å². The molecule has 1 aliphatic rings. The molecule has 0 amide bonds. The molecule has 2 unspecified atom stereocenters. The minimum Gasteiger partial charge on any atom is -0.330 e. The van der Waals surface area contributed by atoms with E-state index in [2.05, 4.69) is 23.4 Å². The van der Waals surface area contributed by atoms with Gasteiger partial charge < -0.3 is 10.3 Å². The highest BCUT2D eigenvalue weighted by Crippen LogP contribution is 2.23. The fraction of sp³-hybridized carbons (Fsp3) is 0.727. The summed E-state index contributed by atoms with van der Waals surface area (Å²) in [5.74, 6) is 0. The van der Waals surface area contributed by atoms with Crippen molar-refractivity contribution in [3.63, 3.8) is 0 Å². The first kappa shape index (κ1) is 9.71. The second kappa shape index (κ2) is 3.73. The zero-order valence-corrected chi connectivity index (χ0v) is 9.03. The Balaban J connectivity index is 2.30. The maximum Gasteiger partial charge on any atom is 0.0954 e. The molecule has 2 N–H and O–H groups in total. The van der Waals surface area contributed by atoms with Gasteiger partial charge in [-0.2, -0.15) is 0 Å². The molecule has 78 valence electrons. The van der Waals surface area contributed by atoms with Crippen LogP contribution in [0, 0.1) is 0 Å². The number of hydrogen-bond acceptors (Lipinski definition) is 2. The lowest BCUT2D eigenvalue weighted by molar-refractivity contribution is 0.445. The second-order valence-corrected chi connectivity index (χ2v) is 4.35. The molecule has 0 aromatic carbocycles. The number of nitrogens with zero attached hydrogens (tertiary/aromatic N) is 2. The van der Waals surface area contributed by atoms with E-state index in [1.807, 2.05) is 6.33 Å². The normalized spacial score (nSPS) is 20.2. The molecule has 3 heteroatoms. The van der Waals surface area contributed by atoms with Crippen molar-refractivity contribution in [2.75, 3.05) is 0 Å². The van der Waals surface area contributed by atoms with E-state index in [4.69, 9.17) is 5.73 Å². The van der Waals surface area contributed by atoms with Gasteiger partial charge >= 0.3 is 0 Å². The van der Waals surface area contributed by atoms with Crippen LogP contribution >= 0.6 is 0 Å². The molecule has 1 aliphatic carbocycles. The topological polar surface area (TPSA) is 43.8 Å². The van der Waals surface area contributed by atoms with Crippen LogP contribution in [-0.4, -0.2) is 15.6 Å². The standard InChI is InChI=1S/C11H19N3/c1-8(12)9(2)14-7-13-10-5-3-4-6-11(10)14/h7-9H,3-6,12H2,1-2H3. The summed E-state index contributed by atoms with van der Waals surface area (Å²) in [5.41, 5.74) is 8.62. The van der Waals surface area contributed by atoms with Crippen molar-refractivity contribution in [2.24, 2.45) is 5.73 Å². The van der Waals surface area contributed by atoms with Gasteiger partial charge in [-0.3, -0.25) is 0 Å². The summed E-state index contributed by atoms with van der Waals surface area (Å²) in [6.07, 6.45) is 6.87. The Hall–Kier alpha value is -0.830. The van der Waals surface area contributed by atoms with Crippen molar-refractivity contribution < 1.29 is 0 Å². The van der Waals surface area contributed by atoms with Crippen LogP contribution in [0.5, 0.6) is 0 Å². The molecule has 0 saturated carbocycles. The Morgan fingerprint density at radius 1 is 1.36 bits per heavy atom. The quantitative estimate of drug-likeness (QED) is 0.776. The van der Waals surface area contributed by atoms with Gasteiger partial charge in [0.15, 0.2) is 0 Å². The lowest BCUT2D eigenvalue weighted by atomic mass is 10.0. The van der Waals surface area contributed by atoms with Crippen LogP contribution in [0.4, 0.5) is 0 Å². The number of fused-ring (bicyclic) bond motifs is 1. The number of hydrogen-bond donors (Lipinski definition) is 1. The number of nitrogens with two attached hydrogens (primary N) is 1. The monoisotopic (exact) mass is 193 g/mol. The molecule has 1 heterocycles. The average Bonchev–Trinajstić information content (AvgIpc) is 2.60. The molecule has 0 radical (unpaired) electrons. The minimum absolute atomic E-state index is 0.190. The zero-order chi connectivity index (χ0) is 10.1. The lowest BCUT2D eigenvalue weighted by Gasteiger charge is -2.22. The molecule has 0 bridgehead atoms. The van der Waals surface area contributed by atoms with E-state index in [9.17, 15) is 0 Å². The summed E-state index contributed by atoms with van der Waals surface area (Å²) in [6, 6.07) is 0.555. The van der Waals surface area contributed by atoms with E-state index in [1.54, 1.807) is 0 Å². The van der Waals surface area contributed by atoms with Gasteiger partial charge in [0.1, 0.15) is 0 Å². The number of aromatic nitrogens is 2. The molecule has 0 saturated heterocycles. The van der Waals surface area contributed by atoms with Crippen LogP contribution in [-0.2, 0) is 12.8 Å². The van der Waals surface area contributed by atoms with Crippen molar-refractivity contribution in [1.82, 2.24) is 9.55 Å². The fourth-order valence-corrected chi connectivity index (χ4v) is 2.10. The molecule has 0 fully saturated rings. The van der Waals surface area contributed by atoms with Gasteiger partial charge in [0.2, 0.25) is 0 Å². The summed E-state index contributed by atoms with van der Waals surface area (Å²) < 4.78 is 2.26. The van der Waals surface area contributed by atoms with Crippen molar-refractivity contribution in [3.8, 4) is 0 Å². The van der Waals surface area contributed by atoms with E-state index < -0.39 is 0 Å². The van der Waals surface area contributed by atoms with Crippen molar-refractivity contribution >= 4 is 0 Å². The Bertz CT molecular complexity index is 314. The number of aryl methyl sites for hydroxylation is 1. The van der Waals surface area contributed by atoms with Gasteiger partial charge in [0.25, 0.3) is 0 Å². The molecule has 1 aromatic heterocycles. The van der Waals surface area contributed by atoms with E-state index in [0.717, 1.165) is 6.42 Å². The van der Waals surface area contributed by atoms with E-state index in [0.29, 0.717) is 6.04 Å². The third kappa shape index (κ3) is 1.57. The fourth-order valence-electron chi connectivity index (χ4n) is 2.10. The second-order valence-electron chi connectivity index (χ2n) is 4.35. The largest absolute Gasteiger partial charge is 0.330 e. The molecule has 14 heavy (non-hydrogen) atoms. The first-order valence-corrected chi connectivity index (χ1v) is 5.50. The number of imidazole rings is 1. The highest BCUT2D eigenvalue weighted by molar-refractivity contribution is 5.17. The summed E-state index contributed by atoms with van der Waals surface area (Å²) in [6.45, 7) is 4.22. The predicted molar refractivity (Wildman–Crippen MR) is 57.2 cm³/mol. The Labute approximate surface area is 85.3 Å². The summed E-state index contributed by atoms with van der Waals surface area (Å²) >= 11 is 0. The predicted octanol–water partition coefficient (Wildman–Crippen LogP) is 1.67. The smallest absolute Gasteiger partial charge is 0.0954 e. The number of rotatable bonds is 2. The zero-order valence-electron chi connectivity index (χ0n) is 9.03. The van der Waals surface area contributed by atoms with Crippen molar-refractivity contribution in [3.05, 3.63) is 17.7 Å². The van der Waals surface area contributed by atoms with Gasteiger partial charge in [-0.1, -0.05) is 0 Å². The summed E-state index contributed by atoms with van der Waals surface area (Å²) in [4.78, 5) is 4.47. The molecule has 3 nitrogen and oxygen atoms in total. The molecule has 0 aliphatic heterocycles. The maximum absolute atomic E-state index is 5.91. The Morgan fingerprint density at radius 2 is 2.07 bits per heavy atom. The van der Waals surface area contributed by atoms with Crippen molar-refractivity contribution in [2.45, 2.75) is 51.6 Å². The average molecular weight is 193 g/mol. The molecular formula is C11H19N3. The third-order valence-electron chi connectivity index (χ3n) is 3.26. The minimum atomic E-state index is 0.190. The highest BCUT2D eigenvalue weighted by atomic mass is 15.1. The molecule has 2 rings (SSSR count). The molecule has 0 spiro atoms. The van der Waals surface area contributed by atoms with E-state index in [-0.39, 0.29) is 6.04 Å². The molecule has 2 atom stereocenters. The van der Waals surface area contributed by atoms with Gasteiger partial charge in [0, 0.05) is 17.8 Å². The van der Waals surface area contributed by atoms with Gasteiger partial charge in [0.05, 0.1) is 12.0 Å². The van der Waals surface area contributed by atoms with Crippen LogP contribution < -0.4 is 5.73 Å². The first-order valence-electron chi connectivity index (χ1n) is 5.50. The van der Waals surface area contributed by atoms with Gasteiger partial charge in [-0.05, 0) is 39.5 Å². The Morgan fingerprint density at radius 3 is 2.79 bits per heavy atom. The van der Waals surface area contributed by atoms with Crippen molar-refractivity contribution in [1.29, 1.82) is 0 Å². The van der Waals surface area contributed by atoms with Crippen LogP contribution in [0.15, 0.2) is 6.33 Å². The van der Waals surface area contributed by atoms with Crippen LogP contribution in [0.2, 0.25) is 0 Å². The molecular weight excluding hydrogens is 174 g/mol.